The summed E-state index contributed by atoms with van der Waals surface area (Å²) in [6, 6.07) is 0. The highest BCUT2D eigenvalue weighted by molar-refractivity contribution is 6.01. The molecule has 0 aromatic rings. The predicted molar refractivity (Wildman–Crippen MR) is 125 cm³/mol. The van der Waals surface area contributed by atoms with E-state index in [1.54, 1.807) is 0 Å². The fourth-order valence-corrected chi connectivity index (χ4v) is 4.36. The van der Waals surface area contributed by atoms with Crippen molar-refractivity contribution in [2.45, 2.75) is 44.9 Å². The Bertz CT molecular complexity index is 788. The van der Waals surface area contributed by atoms with Gasteiger partial charge in [0.15, 0.2) is 0 Å². The number of hydrogen-bond donors (Lipinski definition) is 1. The molecule has 3 rings (SSSR count). The lowest BCUT2D eigenvalue weighted by molar-refractivity contribution is -0.198. The van der Waals surface area contributed by atoms with Crippen LogP contribution in [0.1, 0.15) is 44.9 Å². The molecular weight excluding hydrogens is 472 g/mol. The van der Waals surface area contributed by atoms with Crippen molar-refractivity contribution in [3.05, 3.63) is 0 Å². The van der Waals surface area contributed by atoms with Crippen molar-refractivity contribution in [1.29, 1.82) is 0 Å². The van der Waals surface area contributed by atoms with E-state index in [0.717, 1.165) is 25.7 Å². The summed E-state index contributed by atoms with van der Waals surface area (Å²) in [5.41, 5.74) is 0. The summed E-state index contributed by atoms with van der Waals surface area (Å²) in [7, 11) is 0. The number of carbonyl (C=O) groups is 4. The molecule has 1 unspecified atom stereocenters. The van der Waals surface area contributed by atoms with Crippen LogP contribution in [0.15, 0.2) is 0 Å². The van der Waals surface area contributed by atoms with Crippen LogP contribution in [0.5, 0.6) is 0 Å². The van der Waals surface area contributed by atoms with Crippen molar-refractivity contribution in [2.75, 3.05) is 59.4 Å². The fourth-order valence-electron chi connectivity index (χ4n) is 4.36. The van der Waals surface area contributed by atoms with Crippen LogP contribution in [0.25, 0.3) is 0 Å². The molecule has 3 atom stereocenters. The zero-order valence-electron chi connectivity index (χ0n) is 20.7. The number of nitrogens with one attached hydrogen (secondary N) is 1. The van der Waals surface area contributed by atoms with E-state index in [1.807, 2.05) is 0 Å². The minimum absolute atomic E-state index is 0.0638. The molecule has 1 N–H and O–H groups in total. The van der Waals surface area contributed by atoms with Gasteiger partial charge in [0, 0.05) is 38.1 Å². The lowest BCUT2D eigenvalue weighted by Gasteiger charge is -2.12. The normalized spacial score (nSPS) is 22.8. The van der Waals surface area contributed by atoms with Crippen LogP contribution in [0, 0.1) is 29.6 Å². The van der Waals surface area contributed by atoms with Gasteiger partial charge in [-0.1, -0.05) is 0 Å². The molecule has 3 aliphatic rings. The first-order valence-corrected chi connectivity index (χ1v) is 12.7. The number of nitrogens with zero attached hydrogens (tertiary/aromatic N) is 1. The second kappa shape index (κ2) is 15.6. The highest BCUT2D eigenvalue weighted by atomic mass is 16.7. The van der Waals surface area contributed by atoms with Crippen molar-refractivity contribution in [1.82, 2.24) is 10.4 Å². The van der Waals surface area contributed by atoms with Crippen LogP contribution in [0.4, 0.5) is 0 Å². The van der Waals surface area contributed by atoms with Gasteiger partial charge in [-0.25, -0.2) is 4.79 Å². The van der Waals surface area contributed by atoms with Gasteiger partial charge in [-0.15, -0.1) is 16.9 Å². The molecule has 0 aromatic heterocycles. The molecular formula is C25H36N2O9. The van der Waals surface area contributed by atoms with Crippen LogP contribution in [0.3, 0.4) is 0 Å². The van der Waals surface area contributed by atoms with Crippen molar-refractivity contribution < 1.29 is 43.0 Å². The first-order valence-electron chi connectivity index (χ1n) is 12.7. The number of carbonyl (C=O) groups excluding carboxylic acids is 4. The van der Waals surface area contributed by atoms with Gasteiger partial charge in [0.2, 0.25) is 5.91 Å². The third-order valence-electron chi connectivity index (χ3n) is 6.28. The van der Waals surface area contributed by atoms with Crippen molar-refractivity contribution in [3.63, 3.8) is 0 Å². The maximum Gasteiger partial charge on any atom is 0.335 e. The third-order valence-corrected chi connectivity index (χ3v) is 6.28. The highest BCUT2D eigenvalue weighted by Crippen LogP contribution is 2.52. The number of hydrogen-bond acceptors (Lipinski definition) is 9. The number of rotatable bonds is 17. The van der Waals surface area contributed by atoms with Crippen LogP contribution < -0.4 is 5.32 Å². The number of hydroxylamine groups is 2. The molecule has 0 radical (unpaired) electrons. The molecule has 3 amide bonds. The molecule has 11 heteroatoms. The molecule has 2 aliphatic carbocycles. The fraction of sp³-hybridized carbons (Fsp3) is 0.760. The maximum atomic E-state index is 12.3. The Morgan fingerprint density at radius 1 is 0.778 bits per heavy atom. The molecule has 1 heterocycles. The highest BCUT2D eigenvalue weighted by Gasteiger charge is 2.53. The Morgan fingerprint density at radius 3 is 1.83 bits per heavy atom. The molecule has 2 fully saturated rings. The van der Waals surface area contributed by atoms with Gasteiger partial charge in [-0.2, -0.15) is 0 Å². The van der Waals surface area contributed by atoms with Gasteiger partial charge in [0.05, 0.1) is 59.3 Å². The monoisotopic (exact) mass is 508 g/mol. The van der Waals surface area contributed by atoms with E-state index in [2.05, 4.69) is 17.2 Å². The smallest absolute Gasteiger partial charge is 0.335 e. The molecule has 36 heavy (non-hydrogen) atoms. The van der Waals surface area contributed by atoms with E-state index >= 15 is 0 Å². The van der Waals surface area contributed by atoms with E-state index in [9.17, 15) is 19.2 Å². The topological polar surface area (TPSA) is 130 Å². The molecule has 0 bridgehead atoms. The standard InChI is InChI=1S/C25H36N2O9/c28-21-7-8-22(29)27(21)36-23(30)9-11-32-13-15-34-17-18-35-16-14-33-12-10-26-25(31)24-19-5-3-1-2-4-6-20(19)24/h19-20,24H,3-18H2,(H,26,31)/t19-,20+,24?. The van der Waals surface area contributed by atoms with E-state index < -0.39 is 17.8 Å². The Balaban J connectivity index is 1.03. The zero-order valence-corrected chi connectivity index (χ0v) is 20.7. The lowest BCUT2D eigenvalue weighted by atomic mass is 10.1. The van der Waals surface area contributed by atoms with E-state index in [-0.39, 0.29) is 37.7 Å². The predicted octanol–water partition coefficient (Wildman–Crippen LogP) is 0.606. The van der Waals surface area contributed by atoms with Crippen LogP contribution in [0.2, 0.25) is 0 Å². The SMILES string of the molecule is O=C(CCOCCOCCOCCOCCNC(=O)C1[C@H]2CCC#CCC[C@@H]12)ON1C(=O)CCC1=O. The summed E-state index contributed by atoms with van der Waals surface area (Å²) >= 11 is 0. The number of amides is 3. The Kier molecular flexibility index (Phi) is 12.1. The van der Waals surface area contributed by atoms with Crippen molar-refractivity contribution in [3.8, 4) is 11.8 Å². The van der Waals surface area contributed by atoms with Gasteiger partial charge in [-0.05, 0) is 24.7 Å². The number of ether oxygens (including phenoxy) is 4. The summed E-state index contributed by atoms with van der Waals surface area (Å²) in [4.78, 5) is 51.4. The number of fused-ring (bicyclic) bond motifs is 1. The molecule has 11 nitrogen and oxygen atoms in total. The van der Waals surface area contributed by atoms with E-state index in [4.69, 9.17) is 23.8 Å². The Hall–Kier alpha value is -2.52. The summed E-state index contributed by atoms with van der Waals surface area (Å²) in [6.45, 7) is 3.37. The van der Waals surface area contributed by atoms with Crippen LogP contribution in [-0.4, -0.2) is 88.2 Å². The average molecular weight is 509 g/mol. The van der Waals surface area contributed by atoms with Crippen molar-refractivity contribution in [2.24, 2.45) is 17.8 Å². The third kappa shape index (κ3) is 9.50. The second-order valence-corrected chi connectivity index (χ2v) is 8.82. The van der Waals surface area contributed by atoms with Gasteiger partial charge in [0.1, 0.15) is 0 Å². The van der Waals surface area contributed by atoms with Crippen LogP contribution in [-0.2, 0) is 43.0 Å². The van der Waals surface area contributed by atoms with Gasteiger partial charge in [-0.3, -0.25) is 14.4 Å². The van der Waals surface area contributed by atoms with Crippen molar-refractivity contribution >= 4 is 23.7 Å². The van der Waals surface area contributed by atoms with Gasteiger partial charge >= 0.3 is 5.97 Å². The maximum absolute atomic E-state index is 12.3. The summed E-state index contributed by atoms with van der Waals surface area (Å²) in [5.74, 6) is 5.91. The van der Waals surface area contributed by atoms with Gasteiger partial charge < -0.3 is 29.1 Å². The molecule has 1 saturated carbocycles. The summed E-state index contributed by atoms with van der Waals surface area (Å²) < 4.78 is 21.6. The molecule has 200 valence electrons. The second-order valence-electron chi connectivity index (χ2n) is 8.82. The minimum atomic E-state index is -0.695. The first kappa shape index (κ1) is 28.1. The summed E-state index contributed by atoms with van der Waals surface area (Å²) in [6.07, 6.45) is 3.93. The number of imide groups is 1. The molecule has 0 aromatic carbocycles. The average Bonchev–Trinajstić information content (AvgIpc) is 3.43. The Morgan fingerprint density at radius 2 is 1.28 bits per heavy atom. The van der Waals surface area contributed by atoms with E-state index in [0.29, 0.717) is 69.7 Å². The van der Waals surface area contributed by atoms with E-state index in [1.165, 1.54) is 0 Å². The van der Waals surface area contributed by atoms with Gasteiger partial charge in [0.25, 0.3) is 11.8 Å². The molecule has 1 saturated heterocycles. The lowest BCUT2D eigenvalue weighted by Crippen LogP contribution is -2.32. The van der Waals surface area contributed by atoms with Crippen LogP contribution >= 0.6 is 0 Å². The Labute approximate surface area is 211 Å². The quantitative estimate of drug-likeness (QED) is 0.171. The largest absolute Gasteiger partial charge is 0.378 e. The summed E-state index contributed by atoms with van der Waals surface area (Å²) in [5, 5.41) is 3.50. The molecule has 1 aliphatic heterocycles. The first-order chi connectivity index (χ1) is 17.6. The minimum Gasteiger partial charge on any atom is -0.378 e. The zero-order chi connectivity index (χ0) is 25.6. The molecule has 0 spiro atoms.